The van der Waals surface area contributed by atoms with E-state index < -0.39 is 0 Å². The van der Waals surface area contributed by atoms with E-state index in [1.54, 1.807) is 25.4 Å². The number of likely N-dealkylation sites (tertiary alicyclic amines) is 1. The number of carbonyl (C=O) groups excluding carboxylic acids is 1. The quantitative estimate of drug-likeness (QED) is 0.514. The van der Waals surface area contributed by atoms with Crippen molar-refractivity contribution in [1.29, 1.82) is 0 Å². The Hall–Kier alpha value is -3.72. The lowest BCUT2D eigenvalue weighted by molar-refractivity contribution is -0.195. The molecule has 180 valence electrons. The third-order valence-electron chi connectivity index (χ3n) is 6.72. The van der Waals surface area contributed by atoms with Crippen LogP contribution in [0.5, 0.6) is 23.1 Å². The molecular formula is C26H26N4O5. The third kappa shape index (κ3) is 4.05. The second-order valence-corrected chi connectivity index (χ2v) is 9.52. The fourth-order valence-corrected chi connectivity index (χ4v) is 4.82. The molecule has 6 rings (SSSR count). The molecule has 0 N–H and O–H groups in total. The Balaban J connectivity index is 1.16. The molecule has 0 atom stereocenters. The molecule has 3 aliphatic rings. The van der Waals surface area contributed by atoms with E-state index in [9.17, 15) is 4.79 Å². The van der Waals surface area contributed by atoms with E-state index in [0.717, 1.165) is 44.0 Å². The number of carbonyl (C=O) groups is 1. The van der Waals surface area contributed by atoms with E-state index in [2.05, 4.69) is 28.0 Å². The smallest absolute Gasteiger partial charge is 0.230 e. The monoisotopic (exact) mass is 474 g/mol. The highest BCUT2D eigenvalue weighted by atomic mass is 16.5. The van der Waals surface area contributed by atoms with Crippen LogP contribution < -0.4 is 14.2 Å². The number of fused-ring (bicyclic) bond motifs is 2. The topological polar surface area (TPSA) is 95.9 Å². The molecule has 9 heteroatoms. The Bertz CT molecular complexity index is 1340. The molecule has 0 bridgehead atoms. The van der Waals surface area contributed by atoms with Crippen LogP contribution in [0.1, 0.15) is 24.6 Å². The van der Waals surface area contributed by atoms with Gasteiger partial charge in [-0.15, -0.1) is 0 Å². The predicted octanol–water partition coefficient (Wildman–Crippen LogP) is 3.41. The summed E-state index contributed by atoms with van der Waals surface area (Å²) in [6.45, 7) is 5.42. The van der Waals surface area contributed by atoms with Gasteiger partial charge in [-0.3, -0.25) is 9.78 Å². The van der Waals surface area contributed by atoms with Crippen molar-refractivity contribution in [3.8, 4) is 23.1 Å². The summed E-state index contributed by atoms with van der Waals surface area (Å²) in [7, 11) is 1.57. The number of pyridine rings is 1. The molecule has 1 spiro atoms. The van der Waals surface area contributed by atoms with Crippen LogP contribution in [0.4, 0.5) is 0 Å². The normalized spacial score (nSPS) is 17.4. The second kappa shape index (κ2) is 8.49. The predicted molar refractivity (Wildman–Crippen MR) is 128 cm³/mol. The molecule has 35 heavy (non-hydrogen) atoms. The summed E-state index contributed by atoms with van der Waals surface area (Å²) >= 11 is 0. The summed E-state index contributed by atoms with van der Waals surface area (Å²) in [5.41, 5.74) is 4.25. The van der Waals surface area contributed by atoms with Gasteiger partial charge in [0, 0.05) is 25.6 Å². The van der Waals surface area contributed by atoms with Crippen molar-refractivity contribution in [3.63, 3.8) is 0 Å². The van der Waals surface area contributed by atoms with Crippen LogP contribution in [0.15, 0.2) is 36.3 Å². The lowest BCUT2D eigenvalue weighted by Crippen LogP contribution is -2.67. The van der Waals surface area contributed by atoms with E-state index in [-0.39, 0.29) is 17.9 Å². The van der Waals surface area contributed by atoms with E-state index >= 15 is 0 Å². The van der Waals surface area contributed by atoms with Gasteiger partial charge in [-0.25, -0.2) is 9.97 Å². The first kappa shape index (κ1) is 21.8. The average molecular weight is 475 g/mol. The van der Waals surface area contributed by atoms with Crippen LogP contribution >= 0.6 is 0 Å². The minimum atomic E-state index is 0.0910. The number of amides is 1. The van der Waals surface area contributed by atoms with Gasteiger partial charge in [-0.2, -0.15) is 0 Å². The molecular weight excluding hydrogens is 448 g/mol. The minimum Gasteiger partial charge on any atom is -0.493 e. The standard InChI is InChI=1S/C26H26N4O5/c1-16-5-17-7-18(10-27-20(17)6-16)35-25-19-8-22(32-2)23(9-21(19)28-15-29-25)34-4-3-24(31)30-11-26(12-30)13-33-14-26/h5,7-10,15H,3-4,6,11-14H2,1-2H3. The number of rotatable bonds is 7. The fourth-order valence-electron chi connectivity index (χ4n) is 4.82. The largest absolute Gasteiger partial charge is 0.493 e. The fraction of sp³-hybridized carbons (Fsp3) is 0.385. The van der Waals surface area contributed by atoms with Gasteiger partial charge in [-0.1, -0.05) is 11.6 Å². The number of ether oxygens (including phenoxy) is 4. The molecule has 9 nitrogen and oxygen atoms in total. The first-order chi connectivity index (χ1) is 17.0. The average Bonchev–Trinajstić information content (AvgIpc) is 3.16. The number of allylic oxidation sites excluding steroid dienone is 1. The van der Waals surface area contributed by atoms with Crippen LogP contribution in [-0.4, -0.2) is 65.8 Å². The lowest BCUT2D eigenvalue weighted by Gasteiger charge is -2.55. The van der Waals surface area contributed by atoms with Crippen molar-refractivity contribution in [2.75, 3.05) is 40.0 Å². The molecule has 1 amide bonds. The van der Waals surface area contributed by atoms with Crippen molar-refractivity contribution >= 4 is 22.9 Å². The number of nitrogens with zero attached hydrogens (tertiary/aromatic N) is 4. The molecule has 1 aromatic carbocycles. The molecule has 2 aliphatic heterocycles. The molecule has 2 aromatic heterocycles. The SMILES string of the molecule is COc1cc2c(Oc3cnc4c(c3)C=C(C)C4)ncnc2cc1OCCC(=O)N1CC2(COC2)C1. The van der Waals surface area contributed by atoms with Crippen LogP contribution in [0.25, 0.3) is 17.0 Å². The van der Waals surface area contributed by atoms with Crippen LogP contribution in [0.2, 0.25) is 0 Å². The number of benzene rings is 1. The van der Waals surface area contributed by atoms with E-state index in [1.807, 2.05) is 11.0 Å². The van der Waals surface area contributed by atoms with Gasteiger partial charge in [0.05, 0.1) is 61.6 Å². The van der Waals surface area contributed by atoms with Crippen molar-refractivity contribution < 1.29 is 23.7 Å². The summed E-state index contributed by atoms with van der Waals surface area (Å²) in [6, 6.07) is 5.55. The zero-order valence-corrected chi connectivity index (χ0v) is 19.7. The molecule has 0 saturated carbocycles. The van der Waals surface area contributed by atoms with Crippen molar-refractivity contribution in [1.82, 2.24) is 19.9 Å². The van der Waals surface area contributed by atoms with Crippen LogP contribution in [-0.2, 0) is 16.0 Å². The van der Waals surface area contributed by atoms with Gasteiger partial charge in [0.15, 0.2) is 11.5 Å². The first-order valence-electron chi connectivity index (χ1n) is 11.7. The Morgan fingerprint density at radius 1 is 1.14 bits per heavy atom. The van der Waals surface area contributed by atoms with Crippen molar-refractivity contribution in [2.45, 2.75) is 19.8 Å². The molecule has 0 radical (unpaired) electrons. The zero-order chi connectivity index (χ0) is 24.0. The van der Waals surface area contributed by atoms with E-state index in [1.165, 1.54) is 11.9 Å². The second-order valence-electron chi connectivity index (χ2n) is 9.52. The van der Waals surface area contributed by atoms with Crippen molar-refractivity contribution in [2.24, 2.45) is 5.41 Å². The lowest BCUT2D eigenvalue weighted by atomic mass is 9.78. The molecule has 2 saturated heterocycles. The maximum atomic E-state index is 12.4. The van der Waals surface area contributed by atoms with Crippen LogP contribution in [0.3, 0.4) is 0 Å². The molecule has 3 aromatic rings. The van der Waals surface area contributed by atoms with Gasteiger partial charge < -0.3 is 23.8 Å². The summed E-state index contributed by atoms with van der Waals surface area (Å²) in [6.07, 6.45) is 6.45. The summed E-state index contributed by atoms with van der Waals surface area (Å²) in [5, 5.41) is 0.689. The Morgan fingerprint density at radius 2 is 2.00 bits per heavy atom. The molecule has 0 unspecified atom stereocenters. The summed E-state index contributed by atoms with van der Waals surface area (Å²) in [4.78, 5) is 27.5. The number of methoxy groups -OCH3 is 1. The maximum absolute atomic E-state index is 12.4. The summed E-state index contributed by atoms with van der Waals surface area (Å²) in [5.74, 6) is 2.14. The highest BCUT2D eigenvalue weighted by Crippen LogP contribution is 2.39. The van der Waals surface area contributed by atoms with E-state index in [4.69, 9.17) is 18.9 Å². The summed E-state index contributed by atoms with van der Waals surface area (Å²) < 4.78 is 22.8. The Labute approximate surface area is 202 Å². The Morgan fingerprint density at radius 3 is 2.77 bits per heavy atom. The highest BCUT2D eigenvalue weighted by Gasteiger charge is 2.50. The third-order valence-corrected chi connectivity index (χ3v) is 6.72. The van der Waals surface area contributed by atoms with Gasteiger partial charge in [0.1, 0.15) is 12.1 Å². The Kier molecular flexibility index (Phi) is 5.29. The van der Waals surface area contributed by atoms with Gasteiger partial charge in [0.25, 0.3) is 0 Å². The maximum Gasteiger partial charge on any atom is 0.230 e. The van der Waals surface area contributed by atoms with E-state index in [0.29, 0.717) is 40.5 Å². The van der Waals surface area contributed by atoms with Gasteiger partial charge in [-0.05, 0) is 24.6 Å². The van der Waals surface area contributed by atoms with Gasteiger partial charge >= 0.3 is 0 Å². The molecule has 2 fully saturated rings. The minimum absolute atomic E-state index is 0.0910. The first-order valence-corrected chi connectivity index (χ1v) is 11.7. The molecule has 1 aliphatic carbocycles. The molecule has 4 heterocycles. The number of hydrogen-bond acceptors (Lipinski definition) is 8. The van der Waals surface area contributed by atoms with Gasteiger partial charge in [0.2, 0.25) is 11.8 Å². The highest BCUT2D eigenvalue weighted by molar-refractivity contribution is 5.87. The van der Waals surface area contributed by atoms with Crippen molar-refractivity contribution in [3.05, 3.63) is 47.6 Å². The number of hydrogen-bond donors (Lipinski definition) is 0. The van der Waals surface area contributed by atoms with Crippen LogP contribution in [0, 0.1) is 5.41 Å². The number of aromatic nitrogens is 3. The zero-order valence-electron chi connectivity index (χ0n) is 19.7.